The lowest BCUT2D eigenvalue weighted by atomic mass is 9.81. The van der Waals surface area contributed by atoms with Crippen molar-refractivity contribution in [1.82, 2.24) is 30.2 Å². The third-order valence-corrected chi connectivity index (χ3v) is 5.35. The van der Waals surface area contributed by atoms with Gasteiger partial charge in [-0.3, -0.25) is 4.79 Å². The summed E-state index contributed by atoms with van der Waals surface area (Å²) >= 11 is 0. The number of carbonyl (C=O) groups is 1. The Balaban J connectivity index is 1.57. The molecule has 1 aliphatic rings. The number of nitrogens with zero attached hydrogens (tertiary/aromatic N) is 5. The van der Waals surface area contributed by atoms with Gasteiger partial charge in [0, 0.05) is 24.0 Å². The molecule has 0 spiro atoms. The molecule has 2 heterocycles. The van der Waals surface area contributed by atoms with Crippen LogP contribution in [0.5, 0.6) is 0 Å². The van der Waals surface area contributed by atoms with E-state index in [4.69, 9.17) is 5.73 Å². The van der Waals surface area contributed by atoms with E-state index in [2.05, 4.69) is 36.0 Å². The second-order valence-electron chi connectivity index (χ2n) is 7.80. The predicted octanol–water partition coefficient (Wildman–Crippen LogP) is 1.32. The molecule has 4 rings (SSSR count). The highest BCUT2D eigenvalue weighted by Gasteiger charge is 2.27. The van der Waals surface area contributed by atoms with Gasteiger partial charge in [-0.25, -0.2) is 4.98 Å². The van der Waals surface area contributed by atoms with Gasteiger partial charge in [0.15, 0.2) is 0 Å². The van der Waals surface area contributed by atoms with Crippen molar-refractivity contribution in [2.24, 2.45) is 5.73 Å². The first-order valence-corrected chi connectivity index (χ1v) is 10.6. The molecule has 166 valence electrons. The Morgan fingerprint density at radius 2 is 1.97 bits per heavy atom. The highest BCUT2D eigenvalue weighted by atomic mass is 16.2. The van der Waals surface area contributed by atoms with Crippen LogP contribution in [0.15, 0.2) is 42.9 Å². The standard InChI is InChI=1S/C20H26BN9O2/c1-21(32)29-17-8-3-2-7-16(17)27-20-23-12-15(18(22)31)19(28-20)26-13-5-4-6-14(11-13)30-24-9-10-25-30/h4-6,9-12,16-17,29,32H,2-3,7-8H2,1H3,(H2,22,31)(H2,23,26,27,28)/t16-,17+/m1/s1. The summed E-state index contributed by atoms with van der Waals surface area (Å²) in [6.07, 6.45) is 8.65. The maximum atomic E-state index is 12.0. The highest BCUT2D eigenvalue weighted by Crippen LogP contribution is 2.24. The fourth-order valence-corrected chi connectivity index (χ4v) is 3.90. The van der Waals surface area contributed by atoms with Crippen LogP contribution >= 0.6 is 0 Å². The van der Waals surface area contributed by atoms with E-state index in [-0.39, 0.29) is 17.6 Å². The lowest BCUT2D eigenvalue weighted by Gasteiger charge is -2.33. The number of nitrogens with two attached hydrogens (primary N) is 1. The van der Waals surface area contributed by atoms with Gasteiger partial charge in [0.1, 0.15) is 11.4 Å². The molecule has 0 radical (unpaired) electrons. The Hall–Kier alpha value is -3.51. The first kappa shape index (κ1) is 21.7. The molecule has 0 unspecified atom stereocenters. The zero-order chi connectivity index (χ0) is 22.5. The van der Waals surface area contributed by atoms with E-state index in [0.29, 0.717) is 17.5 Å². The minimum Gasteiger partial charge on any atom is -0.437 e. The Morgan fingerprint density at radius 3 is 2.69 bits per heavy atom. The van der Waals surface area contributed by atoms with Crippen LogP contribution in [0.25, 0.3) is 5.69 Å². The summed E-state index contributed by atoms with van der Waals surface area (Å²) in [6.45, 7) is 1.71. The number of amides is 1. The van der Waals surface area contributed by atoms with E-state index in [1.165, 1.54) is 11.0 Å². The van der Waals surface area contributed by atoms with Gasteiger partial charge in [0.25, 0.3) is 5.91 Å². The molecule has 3 aromatic rings. The molecule has 2 aromatic heterocycles. The Kier molecular flexibility index (Phi) is 6.62. The largest absolute Gasteiger partial charge is 0.437 e. The molecule has 1 aliphatic carbocycles. The Bertz CT molecular complexity index is 1060. The maximum absolute atomic E-state index is 12.0. The van der Waals surface area contributed by atoms with Crippen molar-refractivity contribution in [3.63, 3.8) is 0 Å². The summed E-state index contributed by atoms with van der Waals surface area (Å²) in [5, 5.41) is 27.7. The smallest absolute Gasteiger partial charge is 0.373 e. The molecule has 1 fully saturated rings. The summed E-state index contributed by atoms with van der Waals surface area (Å²) in [7, 11) is -0.602. The molecular weight excluding hydrogens is 409 g/mol. The van der Waals surface area contributed by atoms with Crippen LogP contribution in [0.2, 0.25) is 6.82 Å². The first-order valence-electron chi connectivity index (χ1n) is 10.6. The van der Waals surface area contributed by atoms with Crippen molar-refractivity contribution >= 4 is 30.4 Å². The third kappa shape index (κ3) is 5.21. The first-order chi connectivity index (χ1) is 15.5. The van der Waals surface area contributed by atoms with Gasteiger partial charge >= 0.3 is 7.05 Å². The topological polar surface area (TPSA) is 156 Å². The molecule has 0 aliphatic heterocycles. The summed E-state index contributed by atoms with van der Waals surface area (Å²) in [5.41, 5.74) is 7.17. The van der Waals surface area contributed by atoms with Crippen molar-refractivity contribution in [1.29, 1.82) is 0 Å². The molecule has 32 heavy (non-hydrogen) atoms. The Labute approximate surface area is 186 Å². The minimum absolute atomic E-state index is 0.0554. The third-order valence-electron chi connectivity index (χ3n) is 5.35. The number of nitrogens with one attached hydrogen (secondary N) is 3. The second kappa shape index (κ2) is 9.75. The molecule has 11 nitrogen and oxygen atoms in total. The van der Waals surface area contributed by atoms with E-state index in [0.717, 1.165) is 31.4 Å². The molecule has 1 aromatic carbocycles. The fraction of sp³-hybridized carbons (Fsp3) is 0.350. The maximum Gasteiger partial charge on any atom is 0.373 e. The molecule has 2 atom stereocenters. The lowest BCUT2D eigenvalue weighted by molar-refractivity contribution is 0.100. The van der Waals surface area contributed by atoms with E-state index in [1.54, 1.807) is 19.2 Å². The van der Waals surface area contributed by atoms with Crippen LogP contribution in [0.1, 0.15) is 36.0 Å². The van der Waals surface area contributed by atoms with Gasteiger partial charge in [0.05, 0.1) is 18.1 Å². The van der Waals surface area contributed by atoms with Gasteiger partial charge in [-0.1, -0.05) is 18.9 Å². The zero-order valence-electron chi connectivity index (χ0n) is 17.8. The van der Waals surface area contributed by atoms with Gasteiger partial charge in [-0.2, -0.15) is 20.0 Å². The quantitative estimate of drug-likeness (QED) is 0.329. The number of anilines is 3. The number of hydrogen-bond donors (Lipinski definition) is 5. The van der Waals surface area contributed by atoms with Crippen LogP contribution in [-0.2, 0) is 0 Å². The number of carbonyl (C=O) groups excluding carboxylic acids is 1. The van der Waals surface area contributed by atoms with Gasteiger partial charge in [0.2, 0.25) is 5.95 Å². The monoisotopic (exact) mass is 435 g/mol. The zero-order valence-corrected chi connectivity index (χ0v) is 17.8. The summed E-state index contributed by atoms with van der Waals surface area (Å²) in [6, 6.07) is 7.55. The normalized spacial score (nSPS) is 18.2. The molecule has 1 amide bonds. The molecule has 12 heteroatoms. The fourth-order valence-electron chi connectivity index (χ4n) is 3.90. The minimum atomic E-state index is -0.629. The summed E-state index contributed by atoms with van der Waals surface area (Å²) in [5.74, 6) is 0.0540. The van der Waals surface area contributed by atoms with Gasteiger partial charge < -0.3 is 26.6 Å². The highest BCUT2D eigenvalue weighted by molar-refractivity contribution is 6.45. The van der Waals surface area contributed by atoms with Crippen molar-refractivity contribution in [2.45, 2.75) is 44.6 Å². The average Bonchev–Trinajstić information content (AvgIpc) is 3.30. The van der Waals surface area contributed by atoms with Crippen molar-refractivity contribution in [2.75, 3.05) is 10.6 Å². The molecule has 0 saturated heterocycles. The Morgan fingerprint density at radius 1 is 1.22 bits per heavy atom. The molecular formula is C20H26BN9O2. The van der Waals surface area contributed by atoms with Crippen LogP contribution in [-0.4, -0.2) is 55.0 Å². The average molecular weight is 435 g/mol. The van der Waals surface area contributed by atoms with Crippen LogP contribution in [0.3, 0.4) is 0 Å². The number of benzene rings is 1. The van der Waals surface area contributed by atoms with Gasteiger partial charge in [-0.15, -0.1) is 0 Å². The van der Waals surface area contributed by atoms with Crippen LogP contribution < -0.4 is 21.6 Å². The number of rotatable bonds is 8. The summed E-state index contributed by atoms with van der Waals surface area (Å²) < 4.78 is 0. The van der Waals surface area contributed by atoms with Crippen LogP contribution in [0, 0.1) is 0 Å². The predicted molar refractivity (Wildman–Crippen MR) is 122 cm³/mol. The van der Waals surface area contributed by atoms with Crippen LogP contribution in [0.4, 0.5) is 17.5 Å². The summed E-state index contributed by atoms with van der Waals surface area (Å²) in [4.78, 5) is 22.3. The van der Waals surface area contributed by atoms with E-state index < -0.39 is 13.0 Å². The second-order valence-corrected chi connectivity index (χ2v) is 7.80. The number of primary amides is 1. The van der Waals surface area contributed by atoms with E-state index in [9.17, 15) is 9.82 Å². The van der Waals surface area contributed by atoms with Gasteiger partial charge in [-0.05, 0) is 37.9 Å². The molecule has 1 saturated carbocycles. The molecule has 0 bridgehead atoms. The number of hydrogen-bond acceptors (Lipinski definition) is 9. The number of aromatic nitrogens is 5. The SMILES string of the molecule is CB(O)N[C@H]1CCCC[C@H]1Nc1ncc(C(N)=O)c(Nc2cccc(-n3nccn3)c2)n1. The van der Waals surface area contributed by atoms with Crippen molar-refractivity contribution < 1.29 is 9.82 Å². The molecule has 6 N–H and O–H groups in total. The van der Waals surface area contributed by atoms with E-state index >= 15 is 0 Å². The van der Waals surface area contributed by atoms with Crippen molar-refractivity contribution in [3.05, 3.63) is 48.4 Å². The van der Waals surface area contributed by atoms with Crippen molar-refractivity contribution in [3.8, 4) is 5.69 Å². The van der Waals surface area contributed by atoms with E-state index in [1.807, 2.05) is 24.3 Å². The lowest BCUT2D eigenvalue weighted by Crippen LogP contribution is -2.51.